The van der Waals surface area contributed by atoms with Gasteiger partial charge in [0.15, 0.2) is 0 Å². The van der Waals surface area contributed by atoms with Crippen molar-refractivity contribution in [1.82, 2.24) is 0 Å². The van der Waals surface area contributed by atoms with Crippen LogP contribution in [0.25, 0.3) is 0 Å². The van der Waals surface area contributed by atoms with Crippen molar-refractivity contribution in [3.05, 3.63) is 52.0 Å². The van der Waals surface area contributed by atoms with Gasteiger partial charge in [-0.1, -0.05) is 29.3 Å². The van der Waals surface area contributed by atoms with Crippen LogP contribution in [0.5, 0.6) is 0 Å². The predicted molar refractivity (Wildman–Crippen MR) is 81.9 cm³/mol. The maximum atomic E-state index is 11.7. The lowest BCUT2D eigenvalue weighted by Gasteiger charge is -2.14. The van der Waals surface area contributed by atoms with Crippen molar-refractivity contribution in [2.45, 2.75) is 0 Å². The van der Waals surface area contributed by atoms with Crippen LogP contribution in [0.4, 0.5) is 17.1 Å². The standard InChI is InChI=1S/C14H12Cl2N2O2/c1-20-14(19)9-3-2-4-11(17)13(9)18-12-6-5-8(15)7-10(12)16/h2-7,18H,17H2,1H3. The summed E-state index contributed by atoms with van der Waals surface area (Å²) in [6, 6.07) is 9.97. The van der Waals surface area contributed by atoms with Gasteiger partial charge >= 0.3 is 5.97 Å². The normalized spacial score (nSPS) is 10.2. The molecule has 0 saturated heterocycles. The lowest BCUT2D eigenvalue weighted by atomic mass is 10.1. The fourth-order valence-electron chi connectivity index (χ4n) is 1.72. The molecule has 0 aliphatic rings. The van der Waals surface area contributed by atoms with Gasteiger partial charge in [-0.25, -0.2) is 4.79 Å². The van der Waals surface area contributed by atoms with Crippen LogP contribution < -0.4 is 11.1 Å². The van der Waals surface area contributed by atoms with Gasteiger partial charge in [0.05, 0.1) is 34.8 Å². The van der Waals surface area contributed by atoms with E-state index in [1.165, 1.54) is 7.11 Å². The molecule has 6 heteroatoms. The van der Waals surface area contributed by atoms with Crippen LogP contribution in [0.3, 0.4) is 0 Å². The Morgan fingerprint density at radius 3 is 2.65 bits per heavy atom. The van der Waals surface area contributed by atoms with Crippen molar-refractivity contribution in [1.29, 1.82) is 0 Å². The van der Waals surface area contributed by atoms with E-state index in [0.717, 1.165) is 0 Å². The minimum absolute atomic E-state index is 0.332. The number of methoxy groups -OCH3 is 1. The third kappa shape index (κ3) is 2.98. The molecule has 0 aliphatic carbocycles. The molecular formula is C14H12Cl2N2O2. The number of nitrogens with two attached hydrogens (primary N) is 1. The molecule has 0 unspecified atom stereocenters. The smallest absolute Gasteiger partial charge is 0.340 e. The van der Waals surface area contributed by atoms with Gasteiger partial charge in [0.2, 0.25) is 0 Å². The van der Waals surface area contributed by atoms with E-state index in [2.05, 4.69) is 5.32 Å². The number of carbonyl (C=O) groups is 1. The van der Waals surface area contributed by atoms with Gasteiger partial charge in [0.25, 0.3) is 0 Å². The van der Waals surface area contributed by atoms with Crippen LogP contribution in [0.15, 0.2) is 36.4 Å². The van der Waals surface area contributed by atoms with Gasteiger partial charge < -0.3 is 15.8 Å². The van der Waals surface area contributed by atoms with E-state index in [1.807, 2.05) is 0 Å². The number of esters is 1. The van der Waals surface area contributed by atoms with Gasteiger partial charge in [0, 0.05) is 5.02 Å². The fourth-order valence-corrected chi connectivity index (χ4v) is 2.17. The zero-order valence-corrected chi connectivity index (χ0v) is 12.1. The highest BCUT2D eigenvalue weighted by atomic mass is 35.5. The number of halogens is 2. The van der Waals surface area contributed by atoms with Crippen LogP contribution in [0.1, 0.15) is 10.4 Å². The minimum Gasteiger partial charge on any atom is -0.465 e. The molecule has 104 valence electrons. The van der Waals surface area contributed by atoms with Crippen molar-refractivity contribution >= 4 is 46.2 Å². The van der Waals surface area contributed by atoms with Crippen LogP contribution >= 0.6 is 23.2 Å². The van der Waals surface area contributed by atoms with E-state index < -0.39 is 5.97 Å². The summed E-state index contributed by atoms with van der Waals surface area (Å²) in [5.41, 5.74) is 7.69. The second kappa shape index (κ2) is 6.03. The Labute approximate surface area is 126 Å². The van der Waals surface area contributed by atoms with Gasteiger partial charge in [-0.2, -0.15) is 0 Å². The lowest BCUT2D eigenvalue weighted by Crippen LogP contribution is -2.08. The first-order chi connectivity index (χ1) is 9.52. The molecule has 0 aromatic heterocycles. The topological polar surface area (TPSA) is 64.3 Å². The van der Waals surface area contributed by atoms with Crippen LogP contribution in [0.2, 0.25) is 10.0 Å². The van der Waals surface area contributed by atoms with Crippen molar-refractivity contribution < 1.29 is 9.53 Å². The van der Waals surface area contributed by atoms with Crippen LogP contribution in [-0.2, 0) is 4.74 Å². The first-order valence-electron chi connectivity index (χ1n) is 5.72. The summed E-state index contributed by atoms with van der Waals surface area (Å²) in [6.07, 6.45) is 0. The second-order valence-electron chi connectivity index (χ2n) is 4.01. The molecule has 0 atom stereocenters. The quantitative estimate of drug-likeness (QED) is 0.661. The molecule has 2 aromatic carbocycles. The summed E-state index contributed by atoms with van der Waals surface area (Å²) in [6.45, 7) is 0. The molecule has 0 spiro atoms. The Morgan fingerprint density at radius 2 is 2.00 bits per heavy atom. The highest BCUT2D eigenvalue weighted by Crippen LogP contribution is 2.32. The van der Waals surface area contributed by atoms with Gasteiger partial charge in [0.1, 0.15) is 0 Å². The molecule has 0 amide bonds. The van der Waals surface area contributed by atoms with E-state index in [-0.39, 0.29) is 0 Å². The summed E-state index contributed by atoms with van der Waals surface area (Å²) >= 11 is 11.9. The molecule has 0 heterocycles. The van der Waals surface area contributed by atoms with Gasteiger partial charge in [-0.3, -0.25) is 0 Å². The summed E-state index contributed by atoms with van der Waals surface area (Å²) < 4.78 is 4.73. The van der Waals surface area contributed by atoms with Crippen LogP contribution in [0, 0.1) is 0 Å². The fraction of sp³-hybridized carbons (Fsp3) is 0.0714. The number of para-hydroxylation sites is 1. The Kier molecular flexibility index (Phi) is 4.37. The largest absolute Gasteiger partial charge is 0.465 e. The molecule has 0 saturated carbocycles. The Hall–Kier alpha value is -1.91. The number of rotatable bonds is 3. The summed E-state index contributed by atoms with van der Waals surface area (Å²) in [7, 11) is 1.31. The molecule has 0 radical (unpaired) electrons. The number of ether oxygens (including phenoxy) is 1. The zero-order chi connectivity index (χ0) is 14.7. The molecule has 20 heavy (non-hydrogen) atoms. The monoisotopic (exact) mass is 310 g/mol. The number of hydrogen-bond donors (Lipinski definition) is 2. The van der Waals surface area contributed by atoms with E-state index in [9.17, 15) is 4.79 Å². The highest BCUT2D eigenvalue weighted by Gasteiger charge is 2.15. The van der Waals surface area contributed by atoms with Gasteiger partial charge in [-0.05, 0) is 30.3 Å². The molecule has 3 N–H and O–H groups in total. The second-order valence-corrected chi connectivity index (χ2v) is 4.85. The van der Waals surface area contributed by atoms with E-state index in [0.29, 0.717) is 32.7 Å². The Bertz CT molecular complexity index is 660. The predicted octanol–water partition coefficient (Wildman–Crippen LogP) is 4.11. The third-order valence-electron chi connectivity index (χ3n) is 2.69. The van der Waals surface area contributed by atoms with Crippen LogP contribution in [-0.4, -0.2) is 13.1 Å². The first kappa shape index (κ1) is 14.5. The Morgan fingerprint density at radius 1 is 1.25 bits per heavy atom. The summed E-state index contributed by atoms with van der Waals surface area (Å²) in [4.78, 5) is 11.7. The first-order valence-corrected chi connectivity index (χ1v) is 6.47. The number of carbonyl (C=O) groups excluding carboxylic acids is 1. The molecule has 2 aromatic rings. The van der Waals surface area contributed by atoms with E-state index in [1.54, 1.807) is 36.4 Å². The molecule has 2 rings (SSSR count). The number of anilines is 3. The van der Waals surface area contributed by atoms with Crippen molar-refractivity contribution in [3.63, 3.8) is 0 Å². The maximum absolute atomic E-state index is 11.7. The van der Waals surface area contributed by atoms with E-state index >= 15 is 0 Å². The lowest BCUT2D eigenvalue weighted by molar-refractivity contribution is 0.0602. The van der Waals surface area contributed by atoms with Crippen molar-refractivity contribution in [3.8, 4) is 0 Å². The molecule has 0 bridgehead atoms. The molecule has 4 nitrogen and oxygen atoms in total. The molecule has 0 fully saturated rings. The SMILES string of the molecule is COC(=O)c1cccc(N)c1Nc1ccc(Cl)cc1Cl. The Balaban J connectivity index is 2.45. The number of nitrogens with one attached hydrogen (secondary N) is 1. The number of nitrogen functional groups attached to an aromatic ring is 1. The zero-order valence-electron chi connectivity index (χ0n) is 10.6. The number of hydrogen-bond acceptors (Lipinski definition) is 4. The molecule has 0 aliphatic heterocycles. The van der Waals surface area contributed by atoms with Crippen molar-refractivity contribution in [2.24, 2.45) is 0 Å². The summed E-state index contributed by atoms with van der Waals surface area (Å²) in [5.74, 6) is -0.482. The van der Waals surface area contributed by atoms with Gasteiger partial charge in [-0.15, -0.1) is 0 Å². The van der Waals surface area contributed by atoms with E-state index in [4.69, 9.17) is 33.7 Å². The summed E-state index contributed by atoms with van der Waals surface area (Å²) in [5, 5.41) is 3.99. The molecular weight excluding hydrogens is 299 g/mol. The number of benzene rings is 2. The average molecular weight is 311 g/mol. The third-order valence-corrected chi connectivity index (χ3v) is 3.24. The maximum Gasteiger partial charge on any atom is 0.340 e. The highest BCUT2D eigenvalue weighted by molar-refractivity contribution is 6.36. The average Bonchev–Trinajstić information content (AvgIpc) is 2.42. The van der Waals surface area contributed by atoms with Crippen molar-refractivity contribution in [2.75, 3.05) is 18.2 Å². The minimum atomic E-state index is -0.482.